The van der Waals surface area contributed by atoms with Crippen LogP contribution in [0.2, 0.25) is 0 Å². The van der Waals surface area contributed by atoms with Crippen molar-refractivity contribution in [1.82, 2.24) is 9.78 Å². The van der Waals surface area contributed by atoms with Crippen LogP contribution >= 0.6 is 0 Å². The zero-order valence-corrected chi connectivity index (χ0v) is 10.9. The molecule has 0 spiro atoms. The van der Waals surface area contributed by atoms with E-state index in [-0.39, 0.29) is 5.97 Å². The molecule has 0 fully saturated rings. The van der Waals surface area contributed by atoms with Gasteiger partial charge in [-0.1, -0.05) is 19.3 Å². The summed E-state index contributed by atoms with van der Waals surface area (Å²) in [7, 11) is 0. The van der Waals surface area contributed by atoms with Crippen molar-refractivity contribution in [1.29, 1.82) is 0 Å². The molecule has 0 aliphatic carbocycles. The van der Waals surface area contributed by atoms with Crippen molar-refractivity contribution in [3.63, 3.8) is 0 Å². The molecule has 1 rings (SSSR count). The largest absolute Gasteiger partial charge is 0.423 e. The molecule has 18 heavy (non-hydrogen) atoms. The summed E-state index contributed by atoms with van der Waals surface area (Å²) in [6, 6.07) is 0. The van der Waals surface area contributed by atoms with Gasteiger partial charge in [-0.3, -0.25) is 9.48 Å². The van der Waals surface area contributed by atoms with Crippen LogP contribution in [-0.2, 0) is 11.3 Å². The van der Waals surface area contributed by atoms with Gasteiger partial charge in [-0.15, -0.1) is 12.3 Å². The smallest absolute Gasteiger partial charge is 0.308 e. The topological polar surface area (TPSA) is 44.1 Å². The fourth-order valence-corrected chi connectivity index (χ4v) is 1.72. The molecule has 0 amide bonds. The van der Waals surface area contributed by atoms with Gasteiger partial charge in [-0.05, 0) is 12.8 Å². The summed E-state index contributed by atoms with van der Waals surface area (Å²) in [5.41, 5.74) is 0. The lowest BCUT2D eigenvalue weighted by Gasteiger charge is -2.01. The molecule has 98 valence electrons. The SMILES string of the molecule is C#CCCCCCCCn1cc(OC(C)=O)cn1. The maximum Gasteiger partial charge on any atom is 0.308 e. The third-order valence-corrected chi connectivity index (χ3v) is 2.58. The molecular formula is C14H20N2O2. The van der Waals surface area contributed by atoms with Crippen LogP contribution in [0.3, 0.4) is 0 Å². The highest BCUT2D eigenvalue weighted by Crippen LogP contribution is 2.10. The molecule has 1 aromatic rings. The number of nitrogens with zero attached hydrogens (tertiary/aromatic N) is 2. The van der Waals surface area contributed by atoms with Crippen LogP contribution in [0, 0.1) is 12.3 Å². The van der Waals surface area contributed by atoms with E-state index in [1.165, 1.54) is 26.2 Å². The summed E-state index contributed by atoms with van der Waals surface area (Å²) in [5, 5.41) is 4.13. The number of carbonyl (C=O) groups excluding carboxylic acids is 1. The highest BCUT2D eigenvalue weighted by Gasteiger charge is 2.01. The van der Waals surface area contributed by atoms with E-state index in [4.69, 9.17) is 11.2 Å². The van der Waals surface area contributed by atoms with Crippen LogP contribution < -0.4 is 4.74 Å². The first kappa shape index (κ1) is 14.3. The van der Waals surface area contributed by atoms with Crippen molar-refractivity contribution in [3.8, 4) is 18.1 Å². The molecule has 0 saturated heterocycles. The van der Waals surface area contributed by atoms with E-state index >= 15 is 0 Å². The molecule has 0 aliphatic heterocycles. The number of carbonyl (C=O) groups is 1. The highest BCUT2D eigenvalue weighted by molar-refractivity contribution is 5.68. The first-order valence-corrected chi connectivity index (χ1v) is 6.36. The third-order valence-electron chi connectivity index (χ3n) is 2.58. The number of ether oxygens (including phenoxy) is 1. The fraction of sp³-hybridized carbons (Fsp3) is 0.571. The summed E-state index contributed by atoms with van der Waals surface area (Å²) in [4.78, 5) is 10.7. The number of unbranched alkanes of at least 4 members (excludes halogenated alkanes) is 5. The summed E-state index contributed by atoms with van der Waals surface area (Å²) in [6.45, 7) is 2.24. The van der Waals surface area contributed by atoms with Gasteiger partial charge in [0.05, 0.1) is 12.4 Å². The van der Waals surface area contributed by atoms with Crippen LogP contribution in [0.5, 0.6) is 5.75 Å². The Labute approximate surface area is 108 Å². The molecule has 0 unspecified atom stereocenters. The minimum absolute atomic E-state index is 0.317. The maximum absolute atomic E-state index is 10.7. The molecule has 4 nitrogen and oxygen atoms in total. The molecule has 1 heterocycles. The normalized spacial score (nSPS) is 10.0. The van der Waals surface area contributed by atoms with Gasteiger partial charge in [0.15, 0.2) is 5.75 Å². The van der Waals surface area contributed by atoms with E-state index < -0.39 is 0 Å². The van der Waals surface area contributed by atoms with E-state index in [0.29, 0.717) is 5.75 Å². The second-order valence-electron chi connectivity index (χ2n) is 4.25. The van der Waals surface area contributed by atoms with Crippen LogP contribution in [-0.4, -0.2) is 15.7 Å². The Kier molecular flexibility index (Phi) is 6.63. The zero-order valence-electron chi connectivity index (χ0n) is 10.9. The molecular weight excluding hydrogens is 228 g/mol. The number of hydrogen-bond acceptors (Lipinski definition) is 3. The molecule has 1 aromatic heterocycles. The molecule has 0 aromatic carbocycles. The number of aromatic nitrogens is 2. The summed E-state index contributed by atoms with van der Waals surface area (Å²) in [6.07, 6.45) is 15.2. The van der Waals surface area contributed by atoms with Gasteiger partial charge >= 0.3 is 5.97 Å². The van der Waals surface area contributed by atoms with E-state index in [9.17, 15) is 4.79 Å². The van der Waals surface area contributed by atoms with Gasteiger partial charge in [-0.2, -0.15) is 5.10 Å². The Bertz CT molecular complexity index is 404. The van der Waals surface area contributed by atoms with Crippen LogP contribution in [0.4, 0.5) is 0 Å². The van der Waals surface area contributed by atoms with Gasteiger partial charge < -0.3 is 4.74 Å². The van der Waals surface area contributed by atoms with E-state index in [1.54, 1.807) is 17.1 Å². The van der Waals surface area contributed by atoms with Crippen LogP contribution in [0.1, 0.15) is 45.4 Å². The Morgan fingerprint density at radius 2 is 2.11 bits per heavy atom. The Morgan fingerprint density at radius 3 is 2.83 bits per heavy atom. The molecule has 0 radical (unpaired) electrons. The molecule has 0 bridgehead atoms. The van der Waals surface area contributed by atoms with Crippen molar-refractivity contribution in [3.05, 3.63) is 12.4 Å². The van der Waals surface area contributed by atoms with E-state index in [0.717, 1.165) is 25.8 Å². The first-order chi connectivity index (χ1) is 8.72. The zero-order chi connectivity index (χ0) is 13.2. The van der Waals surface area contributed by atoms with Crippen molar-refractivity contribution >= 4 is 5.97 Å². The first-order valence-electron chi connectivity index (χ1n) is 6.36. The second kappa shape index (κ2) is 8.35. The lowest BCUT2D eigenvalue weighted by Crippen LogP contribution is -2.01. The number of rotatable bonds is 8. The molecule has 0 aliphatic rings. The number of terminal acetylenes is 1. The second-order valence-corrected chi connectivity index (χ2v) is 4.25. The predicted octanol–water partition coefficient (Wildman–Crippen LogP) is 2.78. The molecule has 0 saturated carbocycles. The third kappa shape index (κ3) is 6.09. The van der Waals surface area contributed by atoms with Crippen molar-refractivity contribution in [2.24, 2.45) is 0 Å². The fourth-order valence-electron chi connectivity index (χ4n) is 1.72. The van der Waals surface area contributed by atoms with Crippen molar-refractivity contribution in [2.75, 3.05) is 0 Å². The minimum Gasteiger partial charge on any atom is -0.423 e. The Hall–Kier alpha value is -1.76. The standard InChI is InChI=1S/C14H20N2O2/c1-3-4-5-6-7-8-9-10-16-12-14(11-15-16)18-13(2)17/h1,11-12H,4-10H2,2H3. The van der Waals surface area contributed by atoms with Gasteiger partial charge in [0.25, 0.3) is 0 Å². The lowest BCUT2D eigenvalue weighted by atomic mass is 10.1. The summed E-state index contributed by atoms with van der Waals surface area (Å²) >= 11 is 0. The van der Waals surface area contributed by atoms with E-state index in [1.807, 2.05) is 0 Å². The average Bonchev–Trinajstić information content (AvgIpc) is 2.75. The number of esters is 1. The van der Waals surface area contributed by atoms with Crippen molar-refractivity contribution < 1.29 is 9.53 Å². The molecule has 4 heteroatoms. The lowest BCUT2D eigenvalue weighted by molar-refractivity contribution is -0.131. The maximum atomic E-state index is 10.7. The number of aryl methyl sites for hydroxylation is 1. The van der Waals surface area contributed by atoms with Gasteiger partial charge in [0.2, 0.25) is 0 Å². The van der Waals surface area contributed by atoms with Crippen molar-refractivity contribution in [2.45, 2.75) is 52.0 Å². The van der Waals surface area contributed by atoms with Crippen LogP contribution in [0.25, 0.3) is 0 Å². The average molecular weight is 248 g/mol. The minimum atomic E-state index is -0.317. The van der Waals surface area contributed by atoms with Gasteiger partial charge in [0.1, 0.15) is 0 Å². The predicted molar refractivity (Wildman–Crippen MR) is 70.1 cm³/mol. The Morgan fingerprint density at radius 1 is 1.39 bits per heavy atom. The molecule has 0 N–H and O–H groups in total. The Balaban J connectivity index is 2.10. The highest BCUT2D eigenvalue weighted by atomic mass is 16.5. The monoisotopic (exact) mass is 248 g/mol. The van der Waals surface area contributed by atoms with Gasteiger partial charge in [-0.25, -0.2) is 0 Å². The molecule has 0 atom stereocenters. The number of hydrogen-bond donors (Lipinski definition) is 0. The van der Waals surface area contributed by atoms with E-state index in [2.05, 4.69) is 11.0 Å². The summed E-state index contributed by atoms with van der Waals surface area (Å²) < 4.78 is 6.73. The van der Waals surface area contributed by atoms with Crippen LogP contribution in [0.15, 0.2) is 12.4 Å². The quantitative estimate of drug-likeness (QED) is 0.403. The van der Waals surface area contributed by atoms with Gasteiger partial charge in [0, 0.05) is 19.9 Å². The summed E-state index contributed by atoms with van der Waals surface area (Å²) in [5.74, 6) is 2.84.